The topological polar surface area (TPSA) is 72.3 Å². The highest BCUT2D eigenvalue weighted by molar-refractivity contribution is 7.91. The van der Waals surface area contributed by atoms with Gasteiger partial charge in [-0.05, 0) is 32.4 Å². The third-order valence-corrected chi connectivity index (χ3v) is 7.34. The van der Waals surface area contributed by atoms with E-state index in [2.05, 4.69) is 5.10 Å². The van der Waals surface area contributed by atoms with Gasteiger partial charge in [0, 0.05) is 35.4 Å². The molecule has 6 nitrogen and oxygen atoms in total. The van der Waals surface area contributed by atoms with Gasteiger partial charge in [0.1, 0.15) is 5.82 Å². The maximum atomic E-state index is 14.0. The van der Waals surface area contributed by atoms with E-state index in [0.717, 1.165) is 17.0 Å². The monoisotopic (exact) mass is 427 g/mol. The maximum Gasteiger partial charge on any atom is 0.227 e. The van der Waals surface area contributed by atoms with Crippen molar-refractivity contribution in [3.8, 4) is 0 Å². The summed E-state index contributed by atoms with van der Waals surface area (Å²) in [4.78, 5) is 14.1. The molecule has 1 atom stereocenters. The quantitative estimate of drug-likeness (QED) is 0.735. The van der Waals surface area contributed by atoms with E-state index >= 15 is 0 Å². The Kier molecular flexibility index (Phi) is 5.82. The molecule has 28 heavy (non-hydrogen) atoms. The predicted octanol–water partition coefficient (Wildman–Crippen LogP) is 2.85. The average Bonchev–Trinajstić information content (AvgIpc) is 3.11. The van der Waals surface area contributed by atoms with Crippen molar-refractivity contribution in [1.82, 2.24) is 14.7 Å². The number of nitrogens with zero attached hydrogens (tertiary/aromatic N) is 3. The van der Waals surface area contributed by atoms with Crippen molar-refractivity contribution in [2.75, 3.05) is 18.6 Å². The molecule has 1 aromatic carbocycles. The molecule has 1 aliphatic rings. The second kappa shape index (κ2) is 7.83. The molecule has 1 aliphatic heterocycles. The molecule has 0 bridgehead atoms. The molecule has 2 aromatic rings. The number of hydrogen-bond donors (Lipinski definition) is 0. The van der Waals surface area contributed by atoms with E-state index in [0.29, 0.717) is 13.0 Å². The van der Waals surface area contributed by atoms with E-state index in [-0.39, 0.29) is 40.5 Å². The lowest BCUT2D eigenvalue weighted by molar-refractivity contribution is -0.129. The van der Waals surface area contributed by atoms with Gasteiger partial charge in [-0.2, -0.15) is 5.10 Å². The highest BCUT2D eigenvalue weighted by Crippen LogP contribution is 2.27. The van der Waals surface area contributed by atoms with Crippen LogP contribution in [0.1, 0.15) is 35.0 Å². The van der Waals surface area contributed by atoms with Crippen LogP contribution in [0.3, 0.4) is 0 Å². The van der Waals surface area contributed by atoms with Gasteiger partial charge in [-0.3, -0.25) is 9.48 Å². The van der Waals surface area contributed by atoms with Crippen molar-refractivity contribution >= 4 is 27.3 Å². The summed E-state index contributed by atoms with van der Waals surface area (Å²) in [5, 5.41) is 4.74. The van der Waals surface area contributed by atoms with Crippen LogP contribution in [0.15, 0.2) is 18.2 Å². The standard InChI is InChI=1S/C19H23ClFN3O3S/c1-12-16(13(2)24(22-12)14-7-8-28(26,27)11-14)10-23(3)19(25)9-15-17(20)5-4-6-18(15)21/h4-6,14H,7-11H2,1-3H3/t14-/m0/s1. The fourth-order valence-electron chi connectivity index (χ4n) is 3.56. The normalized spacial score (nSPS) is 18.4. The second-order valence-corrected chi connectivity index (χ2v) is 9.91. The van der Waals surface area contributed by atoms with Gasteiger partial charge in [-0.15, -0.1) is 0 Å². The van der Waals surface area contributed by atoms with Crippen molar-refractivity contribution in [3.05, 3.63) is 51.6 Å². The molecule has 1 saturated heterocycles. The Bertz CT molecular complexity index is 999. The van der Waals surface area contributed by atoms with Crippen molar-refractivity contribution in [3.63, 3.8) is 0 Å². The molecule has 0 aliphatic carbocycles. The summed E-state index contributed by atoms with van der Waals surface area (Å²) < 4.78 is 39.3. The number of rotatable bonds is 5. The summed E-state index contributed by atoms with van der Waals surface area (Å²) in [6.07, 6.45) is 0.416. The van der Waals surface area contributed by atoms with E-state index < -0.39 is 15.7 Å². The Hall–Kier alpha value is -1.93. The molecule has 0 unspecified atom stereocenters. The Morgan fingerprint density at radius 3 is 2.68 bits per heavy atom. The van der Waals surface area contributed by atoms with Crippen LogP contribution in [0.2, 0.25) is 5.02 Å². The molecule has 0 saturated carbocycles. The summed E-state index contributed by atoms with van der Waals surface area (Å²) in [6, 6.07) is 4.17. The number of carbonyl (C=O) groups is 1. The Labute approximate surface area is 169 Å². The Balaban J connectivity index is 1.75. The molecular formula is C19H23ClFN3O3S. The number of aromatic nitrogens is 2. The minimum atomic E-state index is -3.02. The van der Waals surface area contributed by atoms with Crippen molar-refractivity contribution in [2.24, 2.45) is 0 Å². The lowest BCUT2D eigenvalue weighted by atomic mass is 10.1. The number of carbonyl (C=O) groups excluding carboxylic acids is 1. The molecule has 2 heterocycles. The van der Waals surface area contributed by atoms with Gasteiger partial charge < -0.3 is 4.90 Å². The molecule has 3 rings (SSSR count). The van der Waals surface area contributed by atoms with Crippen LogP contribution in [0, 0.1) is 19.7 Å². The number of likely N-dealkylation sites (N-methyl/N-ethyl adjacent to an activating group) is 1. The van der Waals surface area contributed by atoms with Crippen molar-refractivity contribution < 1.29 is 17.6 Å². The van der Waals surface area contributed by atoms with Crippen LogP contribution in [-0.4, -0.2) is 47.6 Å². The number of amides is 1. The van der Waals surface area contributed by atoms with Crippen LogP contribution in [0.5, 0.6) is 0 Å². The van der Waals surface area contributed by atoms with Crippen molar-refractivity contribution in [2.45, 2.75) is 39.3 Å². The highest BCUT2D eigenvalue weighted by Gasteiger charge is 2.31. The smallest absolute Gasteiger partial charge is 0.227 e. The fourth-order valence-corrected chi connectivity index (χ4v) is 5.48. The van der Waals surface area contributed by atoms with Crippen LogP contribution in [0.4, 0.5) is 4.39 Å². The molecule has 1 amide bonds. The molecule has 1 aromatic heterocycles. The third-order valence-electron chi connectivity index (χ3n) is 5.24. The largest absolute Gasteiger partial charge is 0.341 e. The van der Waals surface area contributed by atoms with Gasteiger partial charge in [0.2, 0.25) is 5.91 Å². The fraction of sp³-hybridized carbons (Fsp3) is 0.474. The van der Waals surface area contributed by atoms with E-state index in [9.17, 15) is 17.6 Å². The molecule has 152 valence electrons. The van der Waals surface area contributed by atoms with E-state index in [4.69, 9.17) is 11.6 Å². The van der Waals surface area contributed by atoms with E-state index in [1.54, 1.807) is 17.8 Å². The molecular weight excluding hydrogens is 405 g/mol. The highest BCUT2D eigenvalue weighted by atomic mass is 35.5. The zero-order valence-electron chi connectivity index (χ0n) is 16.1. The first-order chi connectivity index (χ1) is 13.1. The number of halogens is 2. The number of sulfone groups is 1. The first kappa shape index (κ1) is 20.8. The maximum absolute atomic E-state index is 14.0. The van der Waals surface area contributed by atoms with Gasteiger partial charge in [-0.1, -0.05) is 17.7 Å². The van der Waals surface area contributed by atoms with Gasteiger partial charge in [0.25, 0.3) is 0 Å². The molecule has 0 spiro atoms. The summed E-state index contributed by atoms with van der Waals surface area (Å²) in [7, 11) is -1.37. The lowest BCUT2D eigenvalue weighted by Gasteiger charge is -2.19. The van der Waals surface area contributed by atoms with Gasteiger partial charge in [-0.25, -0.2) is 12.8 Å². The Morgan fingerprint density at radius 1 is 1.36 bits per heavy atom. The zero-order valence-corrected chi connectivity index (χ0v) is 17.6. The van der Waals surface area contributed by atoms with Crippen molar-refractivity contribution in [1.29, 1.82) is 0 Å². The number of hydrogen-bond acceptors (Lipinski definition) is 4. The van der Waals surface area contributed by atoms with Crippen LogP contribution in [0.25, 0.3) is 0 Å². The molecule has 9 heteroatoms. The van der Waals surface area contributed by atoms with Crippen LogP contribution < -0.4 is 0 Å². The van der Waals surface area contributed by atoms with Gasteiger partial charge >= 0.3 is 0 Å². The second-order valence-electron chi connectivity index (χ2n) is 7.28. The summed E-state index contributed by atoms with van der Waals surface area (Å²) in [5.41, 5.74) is 2.66. The third kappa shape index (κ3) is 4.22. The lowest BCUT2D eigenvalue weighted by Crippen LogP contribution is -2.28. The molecule has 0 N–H and O–H groups in total. The zero-order chi connectivity index (χ0) is 20.6. The van der Waals surface area contributed by atoms with E-state index in [1.165, 1.54) is 17.0 Å². The molecule has 0 radical (unpaired) electrons. The van der Waals surface area contributed by atoms with E-state index in [1.807, 2.05) is 13.8 Å². The summed E-state index contributed by atoms with van der Waals surface area (Å²) in [6.45, 7) is 4.03. The summed E-state index contributed by atoms with van der Waals surface area (Å²) in [5.74, 6) is -0.499. The van der Waals surface area contributed by atoms with Gasteiger partial charge in [0.05, 0.1) is 29.7 Å². The number of aryl methyl sites for hydroxylation is 1. The average molecular weight is 428 g/mol. The minimum Gasteiger partial charge on any atom is -0.341 e. The van der Waals surface area contributed by atoms with Gasteiger partial charge in [0.15, 0.2) is 9.84 Å². The first-order valence-electron chi connectivity index (χ1n) is 9.01. The predicted molar refractivity (Wildman–Crippen MR) is 106 cm³/mol. The van der Waals surface area contributed by atoms with Crippen LogP contribution in [-0.2, 0) is 27.6 Å². The number of benzene rings is 1. The van der Waals surface area contributed by atoms with Crippen LogP contribution >= 0.6 is 11.6 Å². The summed E-state index contributed by atoms with van der Waals surface area (Å²) >= 11 is 6.01. The minimum absolute atomic E-state index is 0.0922. The SMILES string of the molecule is Cc1nn([C@H]2CCS(=O)(=O)C2)c(C)c1CN(C)C(=O)Cc1c(F)cccc1Cl. The molecule has 1 fully saturated rings. The Morgan fingerprint density at radius 2 is 2.07 bits per heavy atom. The first-order valence-corrected chi connectivity index (χ1v) is 11.2.